The fourth-order valence-corrected chi connectivity index (χ4v) is 5.54. The maximum absolute atomic E-state index is 12.8. The lowest BCUT2D eigenvalue weighted by Gasteiger charge is -2.26. The van der Waals surface area contributed by atoms with E-state index in [-0.39, 0.29) is 11.5 Å². The van der Waals surface area contributed by atoms with Crippen molar-refractivity contribution in [3.63, 3.8) is 0 Å². The predicted molar refractivity (Wildman–Crippen MR) is 161 cm³/mol. The van der Waals surface area contributed by atoms with Crippen LogP contribution in [-0.2, 0) is 6.42 Å². The van der Waals surface area contributed by atoms with Crippen LogP contribution < -0.4 is 20.9 Å². The molecule has 0 unspecified atom stereocenters. The number of H-pyrrole nitrogens is 1. The van der Waals surface area contributed by atoms with E-state index in [4.69, 9.17) is 32.9 Å². The van der Waals surface area contributed by atoms with Crippen LogP contribution in [0.1, 0.15) is 40.9 Å². The number of hydrogen-bond donors (Lipinski definition) is 3. The zero-order chi connectivity index (χ0) is 28.1. The molecule has 3 N–H and O–H groups in total. The summed E-state index contributed by atoms with van der Waals surface area (Å²) in [5.74, 6) is 0.639. The Morgan fingerprint density at radius 1 is 1.07 bits per heavy atom. The molecule has 1 aliphatic heterocycles. The minimum Gasteiger partial charge on any atom is -0.495 e. The van der Waals surface area contributed by atoms with E-state index in [9.17, 15) is 9.59 Å². The molecule has 0 radical (unpaired) electrons. The zero-order valence-corrected chi connectivity index (χ0v) is 23.7. The molecule has 0 bridgehead atoms. The number of rotatable bonds is 9. The summed E-state index contributed by atoms with van der Waals surface area (Å²) in [6.07, 6.45) is 5.69. The number of carbonyl (C=O) groups excluding carboxylic acids is 1. The van der Waals surface area contributed by atoms with Gasteiger partial charge >= 0.3 is 0 Å². The number of fused-ring (bicyclic) bond motifs is 1. The lowest BCUT2D eigenvalue weighted by Crippen LogP contribution is -2.37. The fourth-order valence-electron chi connectivity index (χ4n) is 5.01. The molecule has 10 heteroatoms. The van der Waals surface area contributed by atoms with Gasteiger partial charge in [-0.3, -0.25) is 9.59 Å². The molecular weight excluding hydrogens is 549 g/mol. The third-order valence-corrected chi connectivity index (χ3v) is 7.81. The van der Waals surface area contributed by atoms with Crippen molar-refractivity contribution in [2.24, 2.45) is 0 Å². The smallest absolute Gasteiger partial charge is 0.259 e. The molecule has 2 aromatic carbocycles. The first-order valence-corrected chi connectivity index (χ1v) is 14.1. The summed E-state index contributed by atoms with van der Waals surface area (Å²) in [5.41, 5.74) is 2.20. The third-order valence-electron chi connectivity index (χ3n) is 7.11. The van der Waals surface area contributed by atoms with Crippen LogP contribution in [0.25, 0.3) is 10.8 Å². The molecule has 0 saturated carbocycles. The number of benzene rings is 2. The van der Waals surface area contributed by atoms with Crippen molar-refractivity contribution in [1.82, 2.24) is 20.2 Å². The lowest BCUT2D eigenvalue weighted by molar-refractivity contribution is 0.0946. The summed E-state index contributed by atoms with van der Waals surface area (Å²) >= 11 is 12.8. The first kappa shape index (κ1) is 28.0. The van der Waals surface area contributed by atoms with E-state index in [2.05, 4.69) is 20.5 Å². The van der Waals surface area contributed by atoms with Crippen molar-refractivity contribution in [2.75, 3.05) is 38.6 Å². The van der Waals surface area contributed by atoms with E-state index in [0.717, 1.165) is 25.2 Å². The average Bonchev–Trinajstić information content (AvgIpc) is 2.96. The van der Waals surface area contributed by atoms with Gasteiger partial charge in [0.2, 0.25) is 0 Å². The number of hydrogen-bond acceptors (Lipinski definition) is 6. The monoisotopic (exact) mass is 579 g/mol. The summed E-state index contributed by atoms with van der Waals surface area (Å²) in [5, 5.41) is 8.45. The molecule has 3 heterocycles. The minimum atomic E-state index is -0.279. The van der Waals surface area contributed by atoms with E-state index < -0.39 is 0 Å². The number of likely N-dealkylation sites (tertiary alicyclic amines) is 1. The fraction of sp³-hybridized carbons (Fsp3) is 0.300. The summed E-state index contributed by atoms with van der Waals surface area (Å²) in [6, 6.07) is 14.2. The van der Waals surface area contributed by atoms with Gasteiger partial charge in [0, 0.05) is 47.0 Å². The Balaban J connectivity index is 1.39. The number of ether oxygens (including phenoxy) is 1. The van der Waals surface area contributed by atoms with Crippen LogP contribution in [0.3, 0.4) is 0 Å². The molecule has 208 valence electrons. The second-order valence-corrected chi connectivity index (χ2v) is 10.6. The number of carbonyl (C=O) groups is 1. The van der Waals surface area contributed by atoms with Crippen molar-refractivity contribution in [2.45, 2.75) is 25.7 Å². The summed E-state index contributed by atoms with van der Waals surface area (Å²) < 4.78 is 5.61. The highest BCUT2D eigenvalue weighted by molar-refractivity contribution is 6.36. The molecular formula is C30H31Cl2N5O3. The van der Waals surface area contributed by atoms with Gasteiger partial charge in [0.15, 0.2) is 0 Å². The maximum atomic E-state index is 12.8. The van der Waals surface area contributed by atoms with Crippen molar-refractivity contribution in [1.29, 1.82) is 0 Å². The van der Waals surface area contributed by atoms with Gasteiger partial charge in [-0.05, 0) is 79.3 Å². The van der Waals surface area contributed by atoms with E-state index in [0.29, 0.717) is 62.3 Å². The number of amides is 1. The molecule has 0 atom stereocenters. The number of nitrogens with zero attached hydrogens (tertiary/aromatic N) is 2. The number of pyridine rings is 2. The number of methoxy groups -OCH3 is 1. The molecule has 2 aromatic heterocycles. The molecule has 1 amide bonds. The Labute approximate surface area is 242 Å². The normalized spacial score (nSPS) is 13.8. The lowest BCUT2D eigenvalue weighted by atomic mass is 10.1. The SMILES string of the molecule is COc1cc(C(=O)NCCN2CCCCC2)ccc1Nc1nc(Cc2c(Cl)cccc2Cl)cc2cc[nH]c(=O)c12. The summed E-state index contributed by atoms with van der Waals surface area (Å²) in [6.45, 7) is 3.60. The van der Waals surface area contributed by atoms with Crippen LogP contribution in [0.5, 0.6) is 5.75 Å². The largest absolute Gasteiger partial charge is 0.495 e. The zero-order valence-electron chi connectivity index (χ0n) is 22.2. The standard InChI is InChI=1S/C30H31Cl2N5O3/c1-40-26-17-20(29(38)34-12-15-37-13-3-2-4-14-37)8-9-25(26)36-28-27-19(10-11-33-30(27)39)16-21(35-28)18-22-23(31)6-5-7-24(22)32/h5-11,16-17H,2-4,12-15,18H2,1H3,(H,33,39)(H,34,38)(H,35,36). The Morgan fingerprint density at radius 2 is 1.85 bits per heavy atom. The number of halogens is 2. The number of anilines is 2. The average molecular weight is 581 g/mol. The van der Waals surface area contributed by atoms with E-state index >= 15 is 0 Å². The first-order chi connectivity index (χ1) is 19.4. The molecule has 0 aliphatic carbocycles. The number of aromatic amines is 1. The summed E-state index contributed by atoms with van der Waals surface area (Å²) in [4.78, 5) is 35.5. The number of nitrogens with one attached hydrogen (secondary N) is 3. The van der Waals surface area contributed by atoms with Gasteiger partial charge in [0.05, 0.1) is 18.2 Å². The quantitative estimate of drug-likeness (QED) is 0.232. The van der Waals surface area contributed by atoms with Gasteiger partial charge in [-0.15, -0.1) is 0 Å². The third kappa shape index (κ3) is 6.41. The highest BCUT2D eigenvalue weighted by atomic mass is 35.5. The van der Waals surface area contributed by atoms with Crippen molar-refractivity contribution >= 4 is 51.4 Å². The second-order valence-electron chi connectivity index (χ2n) is 9.81. The molecule has 0 spiro atoms. The number of piperidine rings is 1. The predicted octanol–water partition coefficient (Wildman–Crippen LogP) is 5.79. The molecule has 1 saturated heterocycles. The highest BCUT2D eigenvalue weighted by Gasteiger charge is 2.17. The highest BCUT2D eigenvalue weighted by Crippen LogP contribution is 2.32. The van der Waals surface area contributed by atoms with Crippen LogP contribution in [0, 0.1) is 0 Å². The van der Waals surface area contributed by atoms with Gasteiger partial charge in [-0.2, -0.15) is 0 Å². The topological polar surface area (TPSA) is 99.3 Å². The van der Waals surface area contributed by atoms with Gasteiger partial charge in [-0.1, -0.05) is 35.7 Å². The van der Waals surface area contributed by atoms with Crippen LogP contribution in [0.15, 0.2) is 59.5 Å². The van der Waals surface area contributed by atoms with Gasteiger partial charge < -0.3 is 25.3 Å². The second kappa shape index (κ2) is 12.7. The molecule has 40 heavy (non-hydrogen) atoms. The molecule has 4 aromatic rings. The number of aromatic nitrogens is 2. The Morgan fingerprint density at radius 3 is 2.60 bits per heavy atom. The van der Waals surface area contributed by atoms with Crippen LogP contribution >= 0.6 is 23.2 Å². The maximum Gasteiger partial charge on any atom is 0.259 e. The first-order valence-electron chi connectivity index (χ1n) is 13.3. The molecule has 5 rings (SSSR count). The van der Waals surface area contributed by atoms with Crippen molar-refractivity contribution in [3.8, 4) is 5.75 Å². The molecule has 1 fully saturated rings. The van der Waals surface area contributed by atoms with Gasteiger partial charge in [0.1, 0.15) is 11.6 Å². The minimum absolute atomic E-state index is 0.166. The van der Waals surface area contributed by atoms with Crippen LogP contribution in [0.4, 0.5) is 11.5 Å². The molecule has 1 aliphatic rings. The van der Waals surface area contributed by atoms with Gasteiger partial charge in [0.25, 0.3) is 11.5 Å². The van der Waals surface area contributed by atoms with E-state index in [1.165, 1.54) is 26.4 Å². The Bertz CT molecular complexity index is 1560. The summed E-state index contributed by atoms with van der Waals surface area (Å²) in [7, 11) is 1.53. The van der Waals surface area contributed by atoms with E-state index in [1.807, 2.05) is 12.1 Å². The van der Waals surface area contributed by atoms with Gasteiger partial charge in [-0.25, -0.2) is 4.98 Å². The Hall–Kier alpha value is -3.59. The Kier molecular flexibility index (Phi) is 8.89. The van der Waals surface area contributed by atoms with Crippen LogP contribution in [-0.4, -0.2) is 54.1 Å². The van der Waals surface area contributed by atoms with Crippen LogP contribution in [0.2, 0.25) is 10.0 Å². The van der Waals surface area contributed by atoms with Crippen molar-refractivity contribution < 1.29 is 9.53 Å². The molecule has 8 nitrogen and oxygen atoms in total. The van der Waals surface area contributed by atoms with E-state index in [1.54, 1.807) is 42.6 Å². The van der Waals surface area contributed by atoms with Crippen molar-refractivity contribution in [3.05, 3.63) is 91.9 Å².